The first-order chi connectivity index (χ1) is 9.83. The van der Waals surface area contributed by atoms with E-state index in [4.69, 9.17) is 0 Å². The van der Waals surface area contributed by atoms with Crippen LogP contribution >= 0.6 is 0 Å². The molecule has 1 unspecified atom stereocenters. The van der Waals surface area contributed by atoms with Gasteiger partial charge in [0.25, 0.3) is 0 Å². The van der Waals surface area contributed by atoms with Gasteiger partial charge in [0, 0.05) is 12.0 Å². The minimum absolute atomic E-state index is 0.262. The highest BCUT2D eigenvalue weighted by molar-refractivity contribution is 5.96. The van der Waals surface area contributed by atoms with Crippen LogP contribution in [0.3, 0.4) is 0 Å². The van der Waals surface area contributed by atoms with Crippen LogP contribution in [0.2, 0.25) is 0 Å². The Morgan fingerprint density at radius 2 is 1.70 bits per heavy atom. The van der Waals surface area contributed by atoms with Gasteiger partial charge >= 0.3 is 0 Å². The first kappa shape index (κ1) is 13.1. The van der Waals surface area contributed by atoms with Gasteiger partial charge in [0.2, 0.25) is 0 Å². The number of benzene rings is 2. The molecular weight excluding hydrogens is 246 g/mol. The molecule has 2 aromatic rings. The van der Waals surface area contributed by atoms with Gasteiger partial charge in [-0.15, -0.1) is 0 Å². The molecule has 3 rings (SSSR count). The van der Waals surface area contributed by atoms with Crippen molar-refractivity contribution in [2.75, 3.05) is 13.1 Å². The molecule has 0 spiro atoms. The molecule has 2 aromatic carbocycles. The van der Waals surface area contributed by atoms with Crippen molar-refractivity contribution in [2.24, 2.45) is 5.92 Å². The number of ketones is 1. The Balaban J connectivity index is 1.71. The molecule has 0 saturated carbocycles. The molecule has 1 fully saturated rings. The second kappa shape index (κ2) is 6.02. The fraction of sp³-hybridized carbons (Fsp3) is 0.278. The Hall–Kier alpha value is -1.93. The van der Waals surface area contributed by atoms with Crippen LogP contribution in [0.1, 0.15) is 23.2 Å². The number of hydrogen-bond acceptors (Lipinski definition) is 2. The molecule has 1 saturated heterocycles. The van der Waals surface area contributed by atoms with E-state index in [1.807, 2.05) is 42.5 Å². The van der Waals surface area contributed by atoms with Crippen LogP contribution in [0.5, 0.6) is 0 Å². The molecule has 0 bridgehead atoms. The Morgan fingerprint density at radius 3 is 2.35 bits per heavy atom. The van der Waals surface area contributed by atoms with E-state index in [0.717, 1.165) is 30.6 Å². The summed E-state index contributed by atoms with van der Waals surface area (Å²) in [5.41, 5.74) is 3.17. The van der Waals surface area contributed by atoms with Crippen LogP contribution in [0.15, 0.2) is 54.6 Å². The smallest absolute Gasteiger partial charge is 0.163 e. The third-order valence-corrected chi connectivity index (χ3v) is 3.95. The SMILES string of the molecule is O=C(CC1CCNC1)c1ccc(-c2ccccc2)cc1. The maximum atomic E-state index is 12.2. The van der Waals surface area contributed by atoms with Crippen molar-refractivity contribution in [2.45, 2.75) is 12.8 Å². The Kier molecular flexibility index (Phi) is 3.93. The largest absolute Gasteiger partial charge is 0.316 e. The van der Waals surface area contributed by atoms with E-state index in [1.165, 1.54) is 5.56 Å². The first-order valence-corrected chi connectivity index (χ1v) is 7.22. The lowest BCUT2D eigenvalue weighted by Crippen LogP contribution is -2.12. The maximum Gasteiger partial charge on any atom is 0.163 e. The highest BCUT2D eigenvalue weighted by atomic mass is 16.1. The number of hydrogen-bond donors (Lipinski definition) is 1. The Morgan fingerprint density at radius 1 is 1.00 bits per heavy atom. The summed E-state index contributed by atoms with van der Waals surface area (Å²) in [6.45, 7) is 2.03. The molecule has 102 valence electrons. The summed E-state index contributed by atoms with van der Waals surface area (Å²) in [7, 11) is 0. The topological polar surface area (TPSA) is 29.1 Å². The lowest BCUT2D eigenvalue weighted by molar-refractivity contribution is 0.0964. The predicted molar refractivity (Wildman–Crippen MR) is 81.8 cm³/mol. The van der Waals surface area contributed by atoms with Gasteiger partial charge in [-0.2, -0.15) is 0 Å². The average molecular weight is 265 g/mol. The van der Waals surface area contributed by atoms with E-state index in [9.17, 15) is 4.79 Å². The summed E-state index contributed by atoms with van der Waals surface area (Å²) >= 11 is 0. The van der Waals surface area contributed by atoms with Crippen molar-refractivity contribution >= 4 is 5.78 Å². The van der Waals surface area contributed by atoms with Crippen LogP contribution in [0.4, 0.5) is 0 Å². The second-order valence-corrected chi connectivity index (χ2v) is 5.43. The number of rotatable bonds is 4. The standard InChI is InChI=1S/C18H19NO/c20-18(12-14-10-11-19-13-14)17-8-6-16(7-9-17)15-4-2-1-3-5-15/h1-9,14,19H,10-13H2. The fourth-order valence-corrected chi connectivity index (χ4v) is 2.75. The van der Waals surface area contributed by atoms with Gasteiger partial charge in [0.15, 0.2) is 5.78 Å². The number of carbonyl (C=O) groups excluding carboxylic acids is 1. The van der Waals surface area contributed by atoms with Crippen LogP contribution in [-0.2, 0) is 0 Å². The summed E-state index contributed by atoms with van der Waals surface area (Å²) in [5.74, 6) is 0.773. The Labute approximate surface area is 119 Å². The molecule has 2 heteroatoms. The lowest BCUT2D eigenvalue weighted by Gasteiger charge is -2.08. The summed E-state index contributed by atoms with van der Waals surface area (Å²) in [6.07, 6.45) is 1.78. The Bertz CT molecular complexity index is 568. The quantitative estimate of drug-likeness (QED) is 0.857. The van der Waals surface area contributed by atoms with Crippen molar-refractivity contribution in [3.63, 3.8) is 0 Å². The molecule has 0 amide bonds. The summed E-state index contributed by atoms with van der Waals surface area (Å²) in [4.78, 5) is 12.2. The van der Waals surface area contributed by atoms with Gasteiger partial charge in [0.05, 0.1) is 0 Å². The van der Waals surface area contributed by atoms with Gasteiger partial charge in [-0.1, -0.05) is 54.6 Å². The van der Waals surface area contributed by atoms with E-state index >= 15 is 0 Å². The van der Waals surface area contributed by atoms with Crippen LogP contribution in [0.25, 0.3) is 11.1 Å². The lowest BCUT2D eigenvalue weighted by atomic mass is 9.96. The number of carbonyl (C=O) groups is 1. The molecule has 1 aliphatic rings. The molecular formula is C18H19NO. The molecule has 20 heavy (non-hydrogen) atoms. The zero-order chi connectivity index (χ0) is 13.8. The molecule has 2 nitrogen and oxygen atoms in total. The van der Waals surface area contributed by atoms with Crippen LogP contribution in [-0.4, -0.2) is 18.9 Å². The summed E-state index contributed by atoms with van der Waals surface area (Å²) in [5, 5.41) is 3.31. The molecule has 1 aliphatic heterocycles. The summed E-state index contributed by atoms with van der Waals surface area (Å²) in [6, 6.07) is 18.2. The highest BCUT2D eigenvalue weighted by Crippen LogP contribution is 2.21. The van der Waals surface area contributed by atoms with E-state index in [1.54, 1.807) is 0 Å². The second-order valence-electron chi connectivity index (χ2n) is 5.43. The zero-order valence-corrected chi connectivity index (χ0v) is 11.5. The van der Waals surface area contributed by atoms with E-state index in [2.05, 4.69) is 17.4 Å². The monoisotopic (exact) mass is 265 g/mol. The molecule has 0 aromatic heterocycles. The van der Waals surface area contributed by atoms with Crippen molar-refractivity contribution in [1.82, 2.24) is 5.32 Å². The predicted octanol–water partition coefficient (Wildman–Crippen LogP) is 3.54. The first-order valence-electron chi connectivity index (χ1n) is 7.22. The van der Waals surface area contributed by atoms with Crippen LogP contribution in [0, 0.1) is 5.92 Å². The van der Waals surface area contributed by atoms with E-state index < -0.39 is 0 Å². The normalized spacial score (nSPS) is 18.1. The van der Waals surface area contributed by atoms with Gasteiger partial charge in [-0.05, 0) is 36.6 Å². The van der Waals surface area contributed by atoms with Crippen molar-refractivity contribution in [1.29, 1.82) is 0 Å². The van der Waals surface area contributed by atoms with Gasteiger partial charge < -0.3 is 5.32 Å². The van der Waals surface area contributed by atoms with E-state index in [0.29, 0.717) is 12.3 Å². The van der Waals surface area contributed by atoms with Gasteiger partial charge in [-0.25, -0.2) is 0 Å². The minimum atomic E-state index is 0.262. The van der Waals surface area contributed by atoms with Crippen molar-refractivity contribution < 1.29 is 4.79 Å². The third-order valence-electron chi connectivity index (χ3n) is 3.95. The maximum absolute atomic E-state index is 12.2. The van der Waals surface area contributed by atoms with Crippen molar-refractivity contribution in [3.8, 4) is 11.1 Å². The highest BCUT2D eigenvalue weighted by Gasteiger charge is 2.18. The molecule has 1 atom stereocenters. The number of nitrogens with one attached hydrogen (secondary N) is 1. The van der Waals surface area contributed by atoms with Gasteiger partial charge in [-0.3, -0.25) is 4.79 Å². The number of Topliss-reactive ketones (excluding diaryl/α,β-unsaturated/α-hetero) is 1. The van der Waals surface area contributed by atoms with E-state index in [-0.39, 0.29) is 5.78 Å². The zero-order valence-electron chi connectivity index (χ0n) is 11.5. The molecule has 1 N–H and O–H groups in total. The van der Waals surface area contributed by atoms with Crippen LogP contribution < -0.4 is 5.32 Å². The molecule has 1 heterocycles. The van der Waals surface area contributed by atoms with Gasteiger partial charge in [0.1, 0.15) is 0 Å². The third kappa shape index (κ3) is 2.97. The average Bonchev–Trinajstić information content (AvgIpc) is 3.01. The molecule has 0 aliphatic carbocycles. The minimum Gasteiger partial charge on any atom is -0.316 e. The summed E-state index contributed by atoms with van der Waals surface area (Å²) < 4.78 is 0. The van der Waals surface area contributed by atoms with Crippen molar-refractivity contribution in [3.05, 3.63) is 60.2 Å². The molecule has 0 radical (unpaired) electrons. The fourth-order valence-electron chi connectivity index (χ4n) is 2.75.